The Balaban J connectivity index is 1.38. The number of ether oxygens (including phenoxy) is 2. The summed E-state index contributed by atoms with van der Waals surface area (Å²) in [4.78, 5) is 16.2. The van der Waals surface area contributed by atoms with Crippen LogP contribution in [0.3, 0.4) is 0 Å². The number of carbonyl (C=O) groups excluding carboxylic acids is 1. The lowest BCUT2D eigenvalue weighted by molar-refractivity contribution is -0.135. The molecule has 2 aliphatic rings. The Kier molecular flexibility index (Phi) is 7.75. The summed E-state index contributed by atoms with van der Waals surface area (Å²) in [5.74, 6) is 2.16. The average molecular weight is 513 g/mol. The number of carbonyl (C=O) groups is 1. The zero-order chi connectivity index (χ0) is 26.7. The van der Waals surface area contributed by atoms with Crippen LogP contribution >= 0.6 is 0 Å². The molecule has 5 heteroatoms. The van der Waals surface area contributed by atoms with Crippen LogP contribution < -0.4 is 14.8 Å². The largest absolute Gasteiger partial charge is 0.496 e. The normalized spacial score (nSPS) is 21.1. The first-order chi connectivity index (χ1) is 18.3. The highest BCUT2D eigenvalue weighted by Crippen LogP contribution is 2.40. The Hall–Kier alpha value is -3.31. The highest BCUT2D eigenvalue weighted by molar-refractivity contribution is 5.78. The molecule has 0 aromatic heterocycles. The smallest absolute Gasteiger partial charge is 0.224 e. The molecule has 200 valence electrons. The van der Waals surface area contributed by atoms with Crippen LogP contribution in [0.25, 0.3) is 0 Å². The van der Waals surface area contributed by atoms with Crippen LogP contribution in [0.1, 0.15) is 80.7 Å². The molecule has 1 saturated heterocycles. The second-order valence-electron chi connectivity index (χ2n) is 11.6. The standard InChI is InChI=1S/C33H40N2O3/c1-33(2,3)26-14-16-29(37-4)25(20-26)22-34-31-17-15-28(23-10-6-5-7-11-23)35(31)32(36)21-24-18-19-38-30-13-9-8-12-27(24)30/h5-14,16,20,24,28,31,34H,15,17-19,21-22H2,1-4H3. The molecule has 0 bridgehead atoms. The van der Waals surface area contributed by atoms with Gasteiger partial charge in [0.05, 0.1) is 25.9 Å². The lowest BCUT2D eigenvalue weighted by Crippen LogP contribution is -2.46. The van der Waals surface area contributed by atoms with Crippen molar-refractivity contribution in [1.29, 1.82) is 0 Å². The summed E-state index contributed by atoms with van der Waals surface area (Å²) in [6, 6.07) is 25.1. The molecule has 38 heavy (non-hydrogen) atoms. The van der Waals surface area contributed by atoms with E-state index >= 15 is 0 Å². The number of methoxy groups -OCH3 is 1. The third-order valence-corrected chi connectivity index (χ3v) is 8.04. The first kappa shape index (κ1) is 26.3. The number of hydrogen-bond donors (Lipinski definition) is 1. The van der Waals surface area contributed by atoms with E-state index < -0.39 is 0 Å². The Morgan fingerprint density at radius 1 is 1.00 bits per heavy atom. The SMILES string of the molecule is COc1ccc(C(C)(C)C)cc1CNC1CCC(c2ccccc2)N1C(=O)CC1CCOc2ccccc21. The maximum atomic E-state index is 14.1. The Labute approximate surface area is 227 Å². The topological polar surface area (TPSA) is 50.8 Å². The second kappa shape index (κ2) is 11.2. The molecule has 1 amide bonds. The summed E-state index contributed by atoms with van der Waals surface area (Å²) in [5.41, 5.74) is 4.79. The minimum Gasteiger partial charge on any atom is -0.496 e. The molecular weight excluding hydrogens is 472 g/mol. The molecule has 1 N–H and O–H groups in total. The predicted molar refractivity (Wildman–Crippen MR) is 151 cm³/mol. The molecule has 0 radical (unpaired) electrons. The van der Waals surface area contributed by atoms with Crippen molar-refractivity contribution in [2.45, 2.75) is 76.5 Å². The molecule has 3 atom stereocenters. The number of nitrogens with zero attached hydrogens (tertiary/aromatic N) is 1. The number of para-hydroxylation sites is 1. The van der Waals surface area contributed by atoms with E-state index in [1.54, 1.807) is 7.11 Å². The van der Waals surface area contributed by atoms with Crippen LogP contribution in [-0.4, -0.2) is 30.7 Å². The third kappa shape index (κ3) is 5.58. The Morgan fingerprint density at radius 2 is 1.76 bits per heavy atom. The Morgan fingerprint density at radius 3 is 2.53 bits per heavy atom. The van der Waals surface area contributed by atoms with Crippen LogP contribution in [0.15, 0.2) is 72.8 Å². The minimum absolute atomic E-state index is 0.0363. The highest BCUT2D eigenvalue weighted by Gasteiger charge is 2.39. The zero-order valence-corrected chi connectivity index (χ0v) is 23.1. The van der Waals surface area contributed by atoms with Crippen molar-refractivity contribution in [3.05, 3.63) is 95.1 Å². The number of hydrogen-bond acceptors (Lipinski definition) is 4. The van der Waals surface area contributed by atoms with E-state index in [0.29, 0.717) is 19.6 Å². The summed E-state index contributed by atoms with van der Waals surface area (Å²) in [6.07, 6.45) is 3.17. The summed E-state index contributed by atoms with van der Waals surface area (Å²) in [5, 5.41) is 3.74. The zero-order valence-electron chi connectivity index (χ0n) is 23.1. The van der Waals surface area contributed by atoms with Crippen molar-refractivity contribution in [3.8, 4) is 11.5 Å². The fraction of sp³-hybridized carbons (Fsp3) is 0.424. The Bertz CT molecular complexity index is 1250. The molecule has 3 unspecified atom stereocenters. The van der Waals surface area contributed by atoms with Gasteiger partial charge in [-0.15, -0.1) is 0 Å². The molecule has 0 saturated carbocycles. The van der Waals surface area contributed by atoms with Crippen LogP contribution in [0.4, 0.5) is 0 Å². The van der Waals surface area contributed by atoms with Gasteiger partial charge in [-0.3, -0.25) is 10.1 Å². The van der Waals surface area contributed by atoms with Gasteiger partial charge in [-0.25, -0.2) is 0 Å². The predicted octanol–water partition coefficient (Wildman–Crippen LogP) is 6.73. The van der Waals surface area contributed by atoms with Gasteiger partial charge in [-0.2, -0.15) is 0 Å². The van der Waals surface area contributed by atoms with Crippen molar-refractivity contribution in [1.82, 2.24) is 10.2 Å². The molecule has 5 rings (SSSR count). The fourth-order valence-electron chi connectivity index (χ4n) is 5.92. The van der Waals surface area contributed by atoms with Gasteiger partial charge in [-0.05, 0) is 59.4 Å². The first-order valence-electron chi connectivity index (χ1n) is 13.8. The van der Waals surface area contributed by atoms with E-state index in [-0.39, 0.29) is 29.4 Å². The summed E-state index contributed by atoms with van der Waals surface area (Å²) >= 11 is 0. The van der Waals surface area contributed by atoms with Gasteiger partial charge in [0, 0.05) is 18.5 Å². The molecular formula is C33H40N2O3. The van der Waals surface area contributed by atoms with Gasteiger partial charge in [-0.1, -0.05) is 81.4 Å². The number of fused-ring (bicyclic) bond motifs is 1. The van der Waals surface area contributed by atoms with Crippen LogP contribution in [0.5, 0.6) is 11.5 Å². The molecule has 2 aliphatic heterocycles. The van der Waals surface area contributed by atoms with E-state index in [1.807, 2.05) is 24.3 Å². The lowest BCUT2D eigenvalue weighted by atomic mass is 9.86. The average Bonchev–Trinajstić information content (AvgIpc) is 3.36. The van der Waals surface area contributed by atoms with Crippen molar-refractivity contribution in [3.63, 3.8) is 0 Å². The van der Waals surface area contributed by atoms with Crippen molar-refractivity contribution in [2.75, 3.05) is 13.7 Å². The van der Waals surface area contributed by atoms with E-state index in [9.17, 15) is 4.79 Å². The molecule has 0 aliphatic carbocycles. The number of amides is 1. The van der Waals surface area contributed by atoms with Crippen molar-refractivity contribution < 1.29 is 14.3 Å². The third-order valence-electron chi connectivity index (χ3n) is 8.04. The van der Waals surface area contributed by atoms with Crippen LogP contribution in [0, 0.1) is 0 Å². The van der Waals surface area contributed by atoms with Crippen LogP contribution in [-0.2, 0) is 16.8 Å². The van der Waals surface area contributed by atoms with Gasteiger partial charge >= 0.3 is 0 Å². The summed E-state index contributed by atoms with van der Waals surface area (Å²) in [6.45, 7) is 7.97. The summed E-state index contributed by atoms with van der Waals surface area (Å²) < 4.78 is 11.6. The fourth-order valence-corrected chi connectivity index (χ4v) is 5.92. The number of nitrogens with one attached hydrogen (secondary N) is 1. The maximum absolute atomic E-state index is 14.1. The van der Waals surface area contributed by atoms with E-state index in [2.05, 4.69) is 79.5 Å². The van der Waals surface area contributed by atoms with Gasteiger partial charge in [0.1, 0.15) is 11.5 Å². The van der Waals surface area contributed by atoms with E-state index in [0.717, 1.165) is 41.9 Å². The molecule has 2 heterocycles. The quantitative estimate of drug-likeness (QED) is 0.381. The molecule has 3 aromatic rings. The molecule has 3 aromatic carbocycles. The van der Waals surface area contributed by atoms with Crippen LogP contribution in [0.2, 0.25) is 0 Å². The van der Waals surface area contributed by atoms with E-state index in [1.165, 1.54) is 11.1 Å². The molecule has 0 spiro atoms. The van der Waals surface area contributed by atoms with Gasteiger partial charge in [0.25, 0.3) is 0 Å². The number of rotatable bonds is 7. The lowest BCUT2D eigenvalue weighted by Gasteiger charge is -2.34. The van der Waals surface area contributed by atoms with Crippen molar-refractivity contribution in [2.24, 2.45) is 0 Å². The molecule has 5 nitrogen and oxygen atoms in total. The minimum atomic E-state index is -0.0363. The summed E-state index contributed by atoms with van der Waals surface area (Å²) in [7, 11) is 1.72. The first-order valence-corrected chi connectivity index (χ1v) is 13.8. The molecule has 1 fully saturated rings. The van der Waals surface area contributed by atoms with Gasteiger partial charge in [0.15, 0.2) is 0 Å². The number of likely N-dealkylation sites (tertiary alicyclic amines) is 1. The van der Waals surface area contributed by atoms with Crippen molar-refractivity contribution >= 4 is 5.91 Å². The van der Waals surface area contributed by atoms with E-state index in [4.69, 9.17) is 9.47 Å². The second-order valence-corrected chi connectivity index (χ2v) is 11.6. The highest BCUT2D eigenvalue weighted by atomic mass is 16.5. The number of benzene rings is 3. The maximum Gasteiger partial charge on any atom is 0.224 e. The van der Waals surface area contributed by atoms with Gasteiger partial charge in [0.2, 0.25) is 5.91 Å². The van der Waals surface area contributed by atoms with Gasteiger partial charge < -0.3 is 14.4 Å². The monoisotopic (exact) mass is 512 g/mol.